The van der Waals surface area contributed by atoms with Crippen molar-refractivity contribution in [2.24, 2.45) is 4.99 Å². The summed E-state index contributed by atoms with van der Waals surface area (Å²) in [5, 5.41) is 7.59. The van der Waals surface area contributed by atoms with Crippen LogP contribution >= 0.6 is 11.3 Å². The van der Waals surface area contributed by atoms with Gasteiger partial charge in [0.05, 0.1) is 11.3 Å². The summed E-state index contributed by atoms with van der Waals surface area (Å²) in [6, 6.07) is 59.1. The van der Waals surface area contributed by atoms with Crippen molar-refractivity contribution >= 4 is 53.8 Å². The largest absolute Gasteiger partial charge is 0.287 e. The molecule has 0 saturated carbocycles. The fourth-order valence-corrected chi connectivity index (χ4v) is 8.15. The average Bonchev–Trinajstić information content (AvgIpc) is 3.55. The van der Waals surface area contributed by atoms with Gasteiger partial charge < -0.3 is 0 Å². The van der Waals surface area contributed by atoms with E-state index in [-0.39, 0.29) is 6.04 Å². The number of amidine groups is 1. The Hall–Kier alpha value is -5.61. The van der Waals surface area contributed by atoms with Crippen molar-refractivity contribution in [3.63, 3.8) is 0 Å². The number of rotatable bonds is 5. The third-order valence-corrected chi connectivity index (χ3v) is 10.4. The highest BCUT2D eigenvalue weighted by molar-refractivity contribution is 7.26. The zero-order chi connectivity index (χ0) is 31.2. The molecule has 0 fully saturated rings. The minimum absolute atomic E-state index is 0.0776. The van der Waals surface area contributed by atoms with Crippen LogP contribution in [0.4, 0.5) is 0 Å². The average molecular weight is 620 g/mol. The highest BCUT2D eigenvalue weighted by Gasteiger charge is 2.25. The maximum Gasteiger partial charge on any atom is 0.232 e. The quantitative estimate of drug-likeness (QED) is 0.199. The summed E-state index contributed by atoms with van der Waals surface area (Å²) in [6.07, 6.45) is 2.32. The highest BCUT2D eigenvalue weighted by Crippen LogP contribution is 2.43. The van der Waals surface area contributed by atoms with Gasteiger partial charge in [0.25, 0.3) is 0 Å². The number of thiophene rings is 1. The number of fused-ring (bicyclic) bond motifs is 5. The summed E-state index contributed by atoms with van der Waals surface area (Å²) < 4.78 is 2.68. The van der Waals surface area contributed by atoms with Gasteiger partial charge in [0.1, 0.15) is 6.04 Å². The third-order valence-electron chi connectivity index (χ3n) is 9.24. The van der Waals surface area contributed by atoms with Gasteiger partial charge in [-0.05, 0) is 57.3 Å². The second-order valence-corrected chi connectivity index (χ2v) is 13.2. The topological polar surface area (TPSA) is 29.0 Å². The monoisotopic (exact) mass is 619 g/mol. The normalized spacial score (nSPS) is 14.8. The van der Waals surface area contributed by atoms with Gasteiger partial charge in [0.2, 0.25) is 5.84 Å². The van der Waals surface area contributed by atoms with Gasteiger partial charge >= 0.3 is 0 Å². The number of aliphatic imine (C=N–C) groups is 1. The van der Waals surface area contributed by atoms with Crippen molar-refractivity contribution in [2.45, 2.75) is 6.04 Å². The lowest BCUT2D eigenvalue weighted by atomic mass is 9.94. The minimum Gasteiger partial charge on any atom is -0.287 e. The molecule has 1 aromatic heterocycles. The summed E-state index contributed by atoms with van der Waals surface area (Å²) in [7, 11) is 0. The smallest absolute Gasteiger partial charge is 0.232 e. The van der Waals surface area contributed by atoms with Crippen molar-refractivity contribution in [3.8, 4) is 22.3 Å². The van der Waals surface area contributed by atoms with Gasteiger partial charge in [-0.25, -0.2) is 0 Å². The molecule has 47 heavy (non-hydrogen) atoms. The summed E-state index contributed by atoms with van der Waals surface area (Å²) in [4.78, 5) is 5.20. The molecule has 0 bridgehead atoms. The van der Waals surface area contributed by atoms with Gasteiger partial charge in [0.15, 0.2) is 0 Å². The van der Waals surface area contributed by atoms with Crippen molar-refractivity contribution in [3.05, 3.63) is 187 Å². The molecule has 1 unspecified atom stereocenters. The molecule has 2 nitrogen and oxygen atoms in total. The van der Waals surface area contributed by atoms with Gasteiger partial charge in [-0.3, -0.25) is 5.32 Å². The lowest BCUT2D eigenvalue weighted by Gasteiger charge is -2.20. The number of nitrogens with zero attached hydrogens (tertiary/aromatic N) is 1. The molecule has 222 valence electrons. The predicted molar refractivity (Wildman–Crippen MR) is 200 cm³/mol. The Bertz CT molecular complexity index is 2470. The molecule has 9 rings (SSSR count). The molecule has 0 radical (unpaired) electrons. The molecule has 1 aliphatic heterocycles. The molecule has 0 aliphatic carbocycles. The Balaban J connectivity index is 1.14. The van der Waals surface area contributed by atoms with E-state index in [1.165, 1.54) is 58.8 Å². The molecule has 3 heteroatoms. The van der Waals surface area contributed by atoms with Crippen LogP contribution < -0.4 is 5.32 Å². The molecule has 8 aromatic rings. The summed E-state index contributed by atoms with van der Waals surface area (Å²) in [5.41, 5.74) is 9.44. The summed E-state index contributed by atoms with van der Waals surface area (Å²) >= 11 is 1.90. The lowest BCUT2D eigenvalue weighted by Crippen LogP contribution is -2.89. The van der Waals surface area contributed by atoms with E-state index in [1.54, 1.807) is 0 Å². The first-order valence-corrected chi connectivity index (χ1v) is 16.9. The first-order valence-electron chi connectivity index (χ1n) is 16.1. The van der Waals surface area contributed by atoms with Crippen LogP contribution in [-0.2, 0) is 0 Å². The number of quaternary nitrogens is 1. The molecule has 7 aromatic carbocycles. The summed E-state index contributed by atoms with van der Waals surface area (Å²) in [5.74, 6) is 1.00. The Morgan fingerprint density at radius 3 is 2.02 bits per heavy atom. The minimum atomic E-state index is 0.0776. The van der Waals surface area contributed by atoms with E-state index in [2.05, 4.69) is 175 Å². The van der Waals surface area contributed by atoms with E-state index >= 15 is 0 Å². The van der Waals surface area contributed by atoms with Crippen LogP contribution in [0.15, 0.2) is 175 Å². The van der Waals surface area contributed by atoms with Crippen LogP contribution in [0.5, 0.6) is 0 Å². The van der Waals surface area contributed by atoms with E-state index in [0.29, 0.717) is 0 Å². The van der Waals surface area contributed by atoms with Crippen LogP contribution in [0.2, 0.25) is 0 Å². The second-order valence-electron chi connectivity index (χ2n) is 12.1. The highest BCUT2D eigenvalue weighted by atomic mass is 32.1. The molecular weight excluding hydrogens is 589 g/mol. The molecule has 1 atom stereocenters. The lowest BCUT2D eigenvalue weighted by molar-refractivity contribution is -0.575. The molecule has 2 heterocycles. The maximum absolute atomic E-state index is 5.20. The van der Waals surface area contributed by atoms with E-state index < -0.39 is 0 Å². The van der Waals surface area contributed by atoms with Crippen LogP contribution in [0.1, 0.15) is 22.7 Å². The zero-order valence-corrected chi connectivity index (χ0v) is 26.5. The number of benzene rings is 7. The Morgan fingerprint density at radius 2 is 1.19 bits per heavy atom. The van der Waals surface area contributed by atoms with E-state index in [9.17, 15) is 0 Å². The standard InChI is InChI=1S/C44H30N2S/c1-3-11-29(12-4-1)30-21-23-32(24-22-30)39-28-40(46-44(45-39)33-14-5-2-6-15-33)35-17-9-16-34(27-35)36-19-10-20-41-42(36)38-26-25-31-13-7-8-18-37(31)43(38)47-41/h1-28,40H,(H,45,46)/p+1. The molecule has 0 spiro atoms. The van der Waals surface area contributed by atoms with E-state index in [0.717, 1.165) is 22.7 Å². The van der Waals surface area contributed by atoms with Gasteiger partial charge in [-0.1, -0.05) is 140 Å². The molecule has 0 amide bonds. The Labute approximate surface area is 278 Å². The zero-order valence-electron chi connectivity index (χ0n) is 25.7. The van der Waals surface area contributed by atoms with Crippen molar-refractivity contribution < 1.29 is 5.32 Å². The van der Waals surface area contributed by atoms with Crippen LogP contribution in [0.3, 0.4) is 0 Å². The van der Waals surface area contributed by atoms with E-state index in [1.807, 2.05) is 11.3 Å². The van der Waals surface area contributed by atoms with Gasteiger partial charge in [-0.15, -0.1) is 11.3 Å². The SMILES string of the molecule is C1=C(c2ccc(-c3ccccc3)cc2)N=C(c2ccccc2)[NH2+]C1c1cccc(-c2cccc3sc4c5ccccc5ccc4c23)c1. The van der Waals surface area contributed by atoms with Crippen LogP contribution in [0.25, 0.3) is 58.9 Å². The van der Waals surface area contributed by atoms with Crippen molar-refractivity contribution in [1.29, 1.82) is 0 Å². The van der Waals surface area contributed by atoms with Gasteiger partial charge in [-0.2, -0.15) is 4.99 Å². The number of hydrogen-bond donors (Lipinski definition) is 1. The predicted octanol–water partition coefficient (Wildman–Crippen LogP) is 10.6. The molecule has 1 aliphatic rings. The molecule has 2 N–H and O–H groups in total. The van der Waals surface area contributed by atoms with E-state index in [4.69, 9.17) is 4.99 Å². The first kappa shape index (κ1) is 27.7. The van der Waals surface area contributed by atoms with Crippen LogP contribution in [-0.4, -0.2) is 5.84 Å². The van der Waals surface area contributed by atoms with Gasteiger partial charge in [0, 0.05) is 37.4 Å². The molecular formula is C44H31N2S+. The van der Waals surface area contributed by atoms with Crippen molar-refractivity contribution in [1.82, 2.24) is 0 Å². The number of nitrogens with two attached hydrogens (primary N) is 1. The fraction of sp³-hybridized carbons (Fsp3) is 0.0227. The first-order chi connectivity index (χ1) is 23.3. The maximum atomic E-state index is 5.20. The summed E-state index contributed by atoms with van der Waals surface area (Å²) in [6.45, 7) is 0. The van der Waals surface area contributed by atoms with Crippen molar-refractivity contribution in [2.75, 3.05) is 0 Å². The molecule has 0 saturated heterocycles. The Kier molecular flexibility index (Phi) is 6.85. The van der Waals surface area contributed by atoms with Crippen LogP contribution in [0, 0.1) is 0 Å². The third kappa shape index (κ3) is 5.07. The Morgan fingerprint density at radius 1 is 0.511 bits per heavy atom. The fourth-order valence-electron chi connectivity index (χ4n) is 6.89. The number of hydrogen-bond acceptors (Lipinski definition) is 2. The second kappa shape index (κ2) is 11.6.